The Morgan fingerprint density at radius 2 is 2.06 bits per heavy atom. The number of aromatic nitrogens is 1. The summed E-state index contributed by atoms with van der Waals surface area (Å²) in [4.78, 5) is 6.48. The van der Waals surface area contributed by atoms with Crippen molar-refractivity contribution in [1.29, 1.82) is 0 Å². The number of rotatable bonds is 4. The number of morpholine rings is 1. The molecule has 0 atom stereocenters. The fraction of sp³-hybridized carbons (Fsp3) is 0.583. The Hall–Kier alpha value is -1.33. The Balaban J connectivity index is 1.79. The highest BCUT2D eigenvalue weighted by atomic mass is 16.5. The number of nitrogen functional groups attached to an aromatic ring is 2. The first-order chi connectivity index (χ1) is 8.25. The van der Waals surface area contributed by atoms with E-state index in [1.54, 1.807) is 6.20 Å². The summed E-state index contributed by atoms with van der Waals surface area (Å²) in [6.07, 6.45) is 3.61. The SMILES string of the molecule is Nc1cnc(N)c(CCCN2CCOCC2)c1. The third-order valence-electron chi connectivity index (χ3n) is 3.05. The summed E-state index contributed by atoms with van der Waals surface area (Å²) in [6, 6.07) is 1.92. The van der Waals surface area contributed by atoms with E-state index >= 15 is 0 Å². The maximum absolute atomic E-state index is 5.81. The smallest absolute Gasteiger partial charge is 0.126 e. The van der Waals surface area contributed by atoms with Crippen molar-refractivity contribution in [3.8, 4) is 0 Å². The number of ether oxygens (including phenoxy) is 1. The van der Waals surface area contributed by atoms with E-state index in [0.717, 1.165) is 51.3 Å². The van der Waals surface area contributed by atoms with Crippen molar-refractivity contribution < 1.29 is 4.74 Å². The molecule has 0 amide bonds. The number of aryl methyl sites for hydroxylation is 1. The molecule has 0 radical (unpaired) electrons. The second-order valence-corrected chi connectivity index (χ2v) is 4.37. The molecule has 1 fully saturated rings. The van der Waals surface area contributed by atoms with Crippen LogP contribution < -0.4 is 11.5 Å². The normalized spacial score (nSPS) is 17.2. The van der Waals surface area contributed by atoms with E-state index in [-0.39, 0.29) is 0 Å². The molecule has 94 valence electrons. The van der Waals surface area contributed by atoms with Crippen molar-refractivity contribution in [3.63, 3.8) is 0 Å². The Morgan fingerprint density at radius 3 is 2.82 bits per heavy atom. The van der Waals surface area contributed by atoms with Gasteiger partial charge in [0.05, 0.1) is 25.1 Å². The lowest BCUT2D eigenvalue weighted by atomic mass is 10.1. The third kappa shape index (κ3) is 3.57. The zero-order chi connectivity index (χ0) is 12.1. The van der Waals surface area contributed by atoms with Crippen LogP contribution in [0.5, 0.6) is 0 Å². The van der Waals surface area contributed by atoms with Crippen LogP contribution in [0.1, 0.15) is 12.0 Å². The summed E-state index contributed by atoms with van der Waals surface area (Å²) in [6.45, 7) is 4.84. The zero-order valence-electron chi connectivity index (χ0n) is 10.1. The number of pyridine rings is 1. The van der Waals surface area contributed by atoms with Crippen molar-refractivity contribution in [3.05, 3.63) is 17.8 Å². The van der Waals surface area contributed by atoms with Gasteiger partial charge in [0, 0.05) is 13.1 Å². The minimum Gasteiger partial charge on any atom is -0.397 e. The van der Waals surface area contributed by atoms with Gasteiger partial charge in [0.15, 0.2) is 0 Å². The number of nitrogens with zero attached hydrogens (tertiary/aromatic N) is 2. The highest BCUT2D eigenvalue weighted by molar-refractivity contribution is 5.48. The van der Waals surface area contributed by atoms with Crippen LogP contribution in [0.3, 0.4) is 0 Å². The first-order valence-electron chi connectivity index (χ1n) is 6.05. The van der Waals surface area contributed by atoms with E-state index in [1.165, 1.54) is 0 Å². The standard InChI is InChI=1S/C12H20N4O/c13-11-8-10(12(14)15-9-11)2-1-3-16-4-6-17-7-5-16/h8-9H,1-7,13H2,(H2,14,15). The summed E-state index contributed by atoms with van der Waals surface area (Å²) in [5.41, 5.74) is 13.2. The summed E-state index contributed by atoms with van der Waals surface area (Å²) in [5, 5.41) is 0. The minimum atomic E-state index is 0.598. The summed E-state index contributed by atoms with van der Waals surface area (Å²) >= 11 is 0. The van der Waals surface area contributed by atoms with Gasteiger partial charge in [-0.1, -0.05) is 0 Å². The van der Waals surface area contributed by atoms with E-state index in [0.29, 0.717) is 11.5 Å². The largest absolute Gasteiger partial charge is 0.397 e. The summed E-state index contributed by atoms with van der Waals surface area (Å²) < 4.78 is 5.31. The fourth-order valence-corrected chi connectivity index (χ4v) is 2.06. The number of anilines is 2. The molecule has 1 aromatic rings. The van der Waals surface area contributed by atoms with Gasteiger partial charge in [-0.15, -0.1) is 0 Å². The van der Waals surface area contributed by atoms with Crippen LogP contribution in [0.4, 0.5) is 11.5 Å². The molecule has 2 rings (SSSR count). The molecule has 1 aliphatic heterocycles. The quantitative estimate of drug-likeness (QED) is 0.796. The third-order valence-corrected chi connectivity index (χ3v) is 3.05. The minimum absolute atomic E-state index is 0.598. The van der Waals surface area contributed by atoms with Gasteiger partial charge in [0.25, 0.3) is 0 Å². The second kappa shape index (κ2) is 5.84. The highest BCUT2D eigenvalue weighted by Crippen LogP contribution is 2.14. The van der Waals surface area contributed by atoms with Crippen molar-refractivity contribution in [1.82, 2.24) is 9.88 Å². The molecular weight excluding hydrogens is 216 g/mol. The van der Waals surface area contributed by atoms with Gasteiger partial charge in [0.2, 0.25) is 0 Å². The van der Waals surface area contributed by atoms with Gasteiger partial charge in [-0.05, 0) is 31.0 Å². The van der Waals surface area contributed by atoms with Crippen molar-refractivity contribution >= 4 is 11.5 Å². The maximum atomic E-state index is 5.81. The van der Waals surface area contributed by atoms with E-state index in [4.69, 9.17) is 16.2 Å². The van der Waals surface area contributed by atoms with Gasteiger partial charge < -0.3 is 16.2 Å². The average molecular weight is 236 g/mol. The highest BCUT2D eigenvalue weighted by Gasteiger charge is 2.10. The van der Waals surface area contributed by atoms with Crippen molar-refractivity contribution in [2.45, 2.75) is 12.8 Å². The van der Waals surface area contributed by atoms with Gasteiger partial charge in [-0.3, -0.25) is 4.90 Å². The van der Waals surface area contributed by atoms with E-state index in [9.17, 15) is 0 Å². The van der Waals surface area contributed by atoms with Gasteiger partial charge >= 0.3 is 0 Å². The predicted octanol–water partition coefficient (Wildman–Crippen LogP) is 0.511. The number of nitrogens with two attached hydrogens (primary N) is 2. The van der Waals surface area contributed by atoms with Crippen molar-refractivity contribution in [2.24, 2.45) is 0 Å². The first kappa shape index (κ1) is 12.1. The van der Waals surface area contributed by atoms with Crippen LogP contribution in [-0.2, 0) is 11.2 Å². The lowest BCUT2D eigenvalue weighted by Gasteiger charge is -2.26. The van der Waals surface area contributed by atoms with Gasteiger partial charge in [-0.25, -0.2) is 4.98 Å². The lowest BCUT2D eigenvalue weighted by Crippen LogP contribution is -2.36. The number of hydrogen-bond donors (Lipinski definition) is 2. The van der Waals surface area contributed by atoms with Crippen molar-refractivity contribution in [2.75, 3.05) is 44.3 Å². The Bertz CT molecular complexity index is 364. The van der Waals surface area contributed by atoms with Crippen LogP contribution >= 0.6 is 0 Å². The van der Waals surface area contributed by atoms with Crippen LogP contribution in [0.2, 0.25) is 0 Å². The summed E-state index contributed by atoms with van der Waals surface area (Å²) in [7, 11) is 0. The van der Waals surface area contributed by atoms with Crippen LogP contribution in [0.25, 0.3) is 0 Å². The van der Waals surface area contributed by atoms with Crippen LogP contribution in [0.15, 0.2) is 12.3 Å². The topological polar surface area (TPSA) is 77.4 Å². The molecule has 5 heteroatoms. The molecule has 0 aromatic carbocycles. The Kier molecular flexibility index (Phi) is 4.17. The molecular formula is C12H20N4O. The molecule has 0 unspecified atom stereocenters. The lowest BCUT2D eigenvalue weighted by molar-refractivity contribution is 0.0375. The predicted molar refractivity (Wildman–Crippen MR) is 68.6 cm³/mol. The van der Waals surface area contributed by atoms with Crippen LogP contribution in [-0.4, -0.2) is 42.7 Å². The fourth-order valence-electron chi connectivity index (χ4n) is 2.06. The molecule has 0 spiro atoms. The molecule has 0 bridgehead atoms. The Morgan fingerprint density at radius 1 is 1.29 bits per heavy atom. The molecule has 2 heterocycles. The zero-order valence-corrected chi connectivity index (χ0v) is 10.1. The van der Waals surface area contributed by atoms with E-state index in [1.807, 2.05) is 6.07 Å². The van der Waals surface area contributed by atoms with Gasteiger partial charge in [-0.2, -0.15) is 0 Å². The van der Waals surface area contributed by atoms with Crippen LogP contribution in [0, 0.1) is 0 Å². The number of hydrogen-bond acceptors (Lipinski definition) is 5. The monoisotopic (exact) mass is 236 g/mol. The maximum Gasteiger partial charge on any atom is 0.126 e. The second-order valence-electron chi connectivity index (χ2n) is 4.37. The molecule has 1 saturated heterocycles. The molecule has 5 nitrogen and oxygen atoms in total. The molecule has 0 saturated carbocycles. The van der Waals surface area contributed by atoms with Gasteiger partial charge in [0.1, 0.15) is 5.82 Å². The average Bonchev–Trinajstić information content (AvgIpc) is 2.35. The molecule has 4 N–H and O–H groups in total. The molecule has 1 aliphatic rings. The summed E-state index contributed by atoms with van der Waals surface area (Å²) in [5.74, 6) is 0.598. The first-order valence-corrected chi connectivity index (χ1v) is 6.05. The van der Waals surface area contributed by atoms with E-state index in [2.05, 4.69) is 9.88 Å². The Labute approximate surface area is 102 Å². The van der Waals surface area contributed by atoms with E-state index < -0.39 is 0 Å². The molecule has 0 aliphatic carbocycles. The molecule has 1 aromatic heterocycles. The molecule has 17 heavy (non-hydrogen) atoms.